The van der Waals surface area contributed by atoms with Crippen molar-refractivity contribution in [1.82, 2.24) is 4.90 Å². The van der Waals surface area contributed by atoms with E-state index in [1.54, 1.807) is 0 Å². The largest absolute Gasteiger partial charge is 0.480 e. The number of nitrogens with zero attached hydrogens (tertiary/aromatic N) is 1. The zero-order valence-electron chi connectivity index (χ0n) is 10.3. The fourth-order valence-corrected chi connectivity index (χ4v) is 2.48. The van der Waals surface area contributed by atoms with E-state index in [-0.39, 0.29) is 0 Å². The Hall–Kier alpha value is -1.53. The van der Waals surface area contributed by atoms with E-state index in [0.29, 0.717) is 12.8 Å². The Kier molecular flexibility index (Phi) is 3.08. The average Bonchev–Trinajstić information content (AvgIpc) is 2.58. The number of carboxylic acids is 1. The molecule has 17 heavy (non-hydrogen) atoms. The van der Waals surface area contributed by atoms with Crippen LogP contribution in [0.15, 0.2) is 23.3 Å². The molecule has 0 saturated heterocycles. The maximum absolute atomic E-state index is 11.6. The highest BCUT2D eigenvalue weighted by Crippen LogP contribution is 2.42. The Bertz CT molecular complexity index is 432. The number of likely N-dealkylation sites (N-methyl/N-ethyl adjacent to an activating group) is 1. The molecule has 1 N–H and O–H groups in total. The molecule has 0 aromatic rings. The zero-order valence-corrected chi connectivity index (χ0v) is 10.3. The fourth-order valence-electron chi connectivity index (χ4n) is 2.48. The van der Waals surface area contributed by atoms with Crippen molar-refractivity contribution in [1.29, 1.82) is 0 Å². The van der Waals surface area contributed by atoms with Crippen LogP contribution >= 0.6 is 0 Å². The van der Waals surface area contributed by atoms with Gasteiger partial charge in [-0.25, -0.2) is 0 Å². The summed E-state index contributed by atoms with van der Waals surface area (Å²) in [6.07, 6.45) is 6.79. The van der Waals surface area contributed by atoms with Crippen molar-refractivity contribution in [3.8, 4) is 11.8 Å². The summed E-state index contributed by atoms with van der Waals surface area (Å²) in [6, 6.07) is 0. The molecule has 0 amide bonds. The molecule has 90 valence electrons. The third kappa shape index (κ3) is 2.01. The van der Waals surface area contributed by atoms with Gasteiger partial charge < -0.3 is 5.11 Å². The fraction of sp³-hybridized carbons (Fsp3) is 0.500. The van der Waals surface area contributed by atoms with Gasteiger partial charge in [-0.1, -0.05) is 24.0 Å². The van der Waals surface area contributed by atoms with Crippen LogP contribution in [0.25, 0.3) is 0 Å². The maximum atomic E-state index is 11.6. The van der Waals surface area contributed by atoms with Crippen molar-refractivity contribution in [2.45, 2.75) is 31.2 Å². The smallest absolute Gasteiger partial charge is 0.324 e. The summed E-state index contributed by atoms with van der Waals surface area (Å²) >= 11 is 0. The number of allylic oxidation sites excluding steroid dienone is 2. The summed E-state index contributed by atoms with van der Waals surface area (Å²) in [4.78, 5) is 13.4. The molecule has 0 aromatic heterocycles. The summed E-state index contributed by atoms with van der Waals surface area (Å²) < 4.78 is 0. The lowest BCUT2D eigenvalue weighted by molar-refractivity contribution is -0.149. The van der Waals surface area contributed by atoms with Crippen molar-refractivity contribution in [3.63, 3.8) is 0 Å². The first-order chi connectivity index (χ1) is 8.06. The molecule has 2 aliphatic carbocycles. The van der Waals surface area contributed by atoms with Crippen LogP contribution in [0.2, 0.25) is 0 Å². The van der Waals surface area contributed by atoms with Gasteiger partial charge in [0.1, 0.15) is 5.54 Å². The summed E-state index contributed by atoms with van der Waals surface area (Å²) in [5.41, 5.74) is 1.55. The monoisotopic (exact) mass is 231 g/mol. The highest BCUT2D eigenvalue weighted by atomic mass is 16.4. The summed E-state index contributed by atoms with van der Waals surface area (Å²) in [6.45, 7) is 0. The molecule has 3 nitrogen and oxygen atoms in total. The van der Waals surface area contributed by atoms with Crippen molar-refractivity contribution >= 4 is 5.97 Å². The van der Waals surface area contributed by atoms with Gasteiger partial charge in [0.05, 0.1) is 0 Å². The molecule has 2 rings (SSSR count). The number of rotatable bonds is 2. The van der Waals surface area contributed by atoms with Gasteiger partial charge in [0.25, 0.3) is 0 Å². The summed E-state index contributed by atoms with van der Waals surface area (Å²) in [5, 5.41) is 9.49. The minimum absolute atomic E-state index is 0.586. The van der Waals surface area contributed by atoms with Crippen LogP contribution < -0.4 is 0 Å². The molecule has 1 fully saturated rings. The first kappa shape index (κ1) is 11.9. The Morgan fingerprint density at radius 2 is 1.71 bits per heavy atom. The van der Waals surface area contributed by atoms with Gasteiger partial charge in [0.15, 0.2) is 0 Å². The van der Waals surface area contributed by atoms with E-state index in [1.165, 1.54) is 0 Å². The van der Waals surface area contributed by atoms with Crippen molar-refractivity contribution in [2.75, 3.05) is 14.1 Å². The van der Waals surface area contributed by atoms with Gasteiger partial charge in [0.2, 0.25) is 0 Å². The van der Waals surface area contributed by atoms with Crippen molar-refractivity contribution in [2.24, 2.45) is 0 Å². The van der Waals surface area contributed by atoms with E-state index in [4.69, 9.17) is 0 Å². The van der Waals surface area contributed by atoms with Gasteiger partial charge in [-0.05, 0) is 25.2 Å². The SMILES string of the molecule is CN(C)C1(C(=O)O)CC2=CCC#CCC=C2C1. The van der Waals surface area contributed by atoms with E-state index >= 15 is 0 Å². The van der Waals surface area contributed by atoms with Crippen molar-refractivity contribution in [3.05, 3.63) is 23.3 Å². The quantitative estimate of drug-likeness (QED) is 0.737. The number of hydrogen-bond acceptors (Lipinski definition) is 2. The Labute approximate surface area is 102 Å². The van der Waals surface area contributed by atoms with Gasteiger partial charge in [-0.2, -0.15) is 0 Å². The highest BCUT2D eigenvalue weighted by Gasteiger charge is 2.47. The average molecular weight is 231 g/mol. The van der Waals surface area contributed by atoms with Crippen LogP contribution in [-0.4, -0.2) is 35.6 Å². The van der Waals surface area contributed by atoms with Gasteiger partial charge >= 0.3 is 5.97 Å². The summed E-state index contributed by atoms with van der Waals surface area (Å²) in [7, 11) is 3.68. The Morgan fingerprint density at radius 1 is 1.24 bits per heavy atom. The van der Waals surface area contributed by atoms with Crippen LogP contribution in [-0.2, 0) is 4.79 Å². The number of carbonyl (C=O) groups is 1. The Morgan fingerprint density at radius 3 is 2.06 bits per heavy atom. The van der Waals surface area contributed by atoms with Crippen molar-refractivity contribution < 1.29 is 9.90 Å². The normalized spacial score (nSPS) is 27.2. The molecule has 0 bridgehead atoms. The van der Waals surface area contributed by atoms with Gasteiger partial charge in [-0.15, -0.1) is 0 Å². The number of fused-ring (bicyclic) bond motifs is 1. The molecule has 0 aromatic carbocycles. The molecule has 3 heteroatoms. The van der Waals surface area contributed by atoms with Crippen LogP contribution in [0.4, 0.5) is 0 Å². The number of aliphatic carboxylic acids is 1. The summed E-state index contributed by atoms with van der Waals surface area (Å²) in [5.74, 6) is 5.37. The van der Waals surface area contributed by atoms with E-state index in [2.05, 4.69) is 24.0 Å². The second-order valence-corrected chi connectivity index (χ2v) is 4.81. The predicted octanol–water partition coefficient (Wildman–Crippen LogP) is 1.82. The number of hydrogen-bond donors (Lipinski definition) is 1. The van der Waals surface area contributed by atoms with Crippen LogP contribution in [0, 0.1) is 11.8 Å². The lowest BCUT2D eigenvalue weighted by Crippen LogP contribution is -2.48. The topological polar surface area (TPSA) is 40.5 Å². The van der Waals surface area contributed by atoms with Crippen LogP contribution in [0.1, 0.15) is 25.7 Å². The van der Waals surface area contributed by atoms with Crippen LogP contribution in [0.3, 0.4) is 0 Å². The lowest BCUT2D eigenvalue weighted by Gasteiger charge is -2.31. The van der Waals surface area contributed by atoms with Gasteiger partial charge in [-0.3, -0.25) is 9.69 Å². The maximum Gasteiger partial charge on any atom is 0.324 e. The second-order valence-electron chi connectivity index (χ2n) is 4.81. The molecule has 1 saturated carbocycles. The zero-order chi connectivity index (χ0) is 12.5. The third-order valence-corrected chi connectivity index (χ3v) is 3.66. The van der Waals surface area contributed by atoms with E-state index < -0.39 is 11.5 Å². The minimum atomic E-state index is -0.776. The molecule has 0 aliphatic heterocycles. The first-order valence-electron chi connectivity index (χ1n) is 5.81. The third-order valence-electron chi connectivity index (χ3n) is 3.66. The molecule has 0 radical (unpaired) electrons. The molecule has 0 atom stereocenters. The van der Waals surface area contributed by atoms with E-state index in [9.17, 15) is 9.90 Å². The molecule has 0 heterocycles. The van der Waals surface area contributed by atoms with E-state index in [0.717, 1.165) is 24.0 Å². The second kappa shape index (κ2) is 4.38. The first-order valence-corrected chi connectivity index (χ1v) is 5.81. The van der Waals surface area contributed by atoms with Crippen LogP contribution in [0.5, 0.6) is 0 Å². The predicted molar refractivity (Wildman–Crippen MR) is 66.5 cm³/mol. The molecule has 0 unspecified atom stereocenters. The standard InChI is InChI=1S/C14H17NO2/c1-15(2)14(13(16)17)9-11-7-5-3-4-6-8-12(11)10-14/h7-8H,5-6,9-10H2,1-2H3,(H,16,17). The molecule has 2 aliphatic rings. The minimum Gasteiger partial charge on any atom is -0.480 e. The molecule has 0 spiro atoms. The highest BCUT2D eigenvalue weighted by molar-refractivity contribution is 5.82. The number of carboxylic acid groups (broad SMARTS) is 1. The van der Waals surface area contributed by atoms with Gasteiger partial charge in [0, 0.05) is 25.7 Å². The molecular weight excluding hydrogens is 214 g/mol. The Balaban J connectivity index is 2.37. The molecular formula is C14H17NO2. The van der Waals surface area contributed by atoms with E-state index in [1.807, 2.05) is 19.0 Å². The lowest BCUT2D eigenvalue weighted by atomic mass is 9.95.